The molecule has 0 saturated carbocycles. The lowest BCUT2D eigenvalue weighted by Crippen LogP contribution is -2.17. The van der Waals surface area contributed by atoms with Gasteiger partial charge in [-0.25, -0.2) is 4.98 Å². The molecule has 0 amide bonds. The standard InChI is InChI=1S/C14H13F3N4O2/c1-8-4-2-3-5-9(8)19-11-6-10(14(15,16)17)20-13(21-11)18-7-12(22)23/h2-6H,7H2,1H3,(H,22,23)(H2,18,19,20,21). The van der Waals surface area contributed by atoms with Gasteiger partial charge in [-0.2, -0.15) is 18.2 Å². The van der Waals surface area contributed by atoms with E-state index in [-0.39, 0.29) is 5.82 Å². The van der Waals surface area contributed by atoms with Crippen molar-refractivity contribution in [3.63, 3.8) is 0 Å². The molecule has 0 aliphatic heterocycles. The van der Waals surface area contributed by atoms with Crippen LogP contribution in [0.25, 0.3) is 0 Å². The molecule has 0 atom stereocenters. The van der Waals surface area contributed by atoms with Crippen LogP contribution in [0, 0.1) is 6.92 Å². The van der Waals surface area contributed by atoms with Gasteiger partial charge in [0.15, 0.2) is 5.69 Å². The Labute approximate surface area is 129 Å². The van der Waals surface area contributed by atoms with Crippen molar-refractivity contribution in [3.05, 3.63) is 41.6 Å². The zero-order valence-corrected chi connectivity index (χ0v) is 12.0. The summed E-state index contributed by atoms with van der Waals surface area (Å²) in [6.07, 6.45) is -4.68. The topological polar surface area (TPSA) is 87.1 Å². The zero-order valence-electron chi connectivity index (χ0n) is 12.0. The van der Waals surface area contributed by atoms with Gasteiger partial charge in [0.2, 0.25) is 5.95 Å². The largest absolute Gasteiger partial charge is 0.480 e. The third kappa shape index (κ3) is 4.56. The van der Waals surface area contributed by atoms with Gasteiger partial charge >= 0.3 is 12.1 Å². The molecule has 0 unspecified atom stereocenters. The Morgan fingerprint density at radius 3 is 2.57 bits per heavy atom. The van der Waals surface area contributed by atoms with Crippen LogP contribution in [0.15, 0.2) is 30.3 Å². The number of hydrogen-bond donors (Lipinski definition) is 3. The second kappa shape index (κ2) is 6.51. The number of alkyl halides is 3. The number of benzene rings is 1. The first-order valence-corrected chi connectivity index (χ1v) is 6.50. The van der Waals surface area contributed by atoms with Crippen LogP contribution in [0.5, 0.6) is 0 Å². The first-order valence-electron chi connectivity index (χ1n) is 6.50. The highest BCUT2D eigenvalue weighted by Gasteiger charge is 2.33. The first kappa shape index (κ1) is 16.5. The average Bonchev–Trinajstić information content (AvgIpc) is 2.46. The summed E-state index contributed by atoms with van der Waals surface area (Å²) in [5, 5.41) is 13.6. The Balaban J connectivity index is 2.35. The highest BCUT2D eigenvalue weighted by Crippen LogP contribution is 2.30. The number of anilines is 3. The lowest BCUT2D eigenvalue weighted by molar-refractivity contribution is -0.141. The van der Waals surface area contributed by atoms with Crippen LogP contribution in [0.1, 0.15) is 11.3 Å². The fourth-order valence-corrected chi connectivity index (χ4v) is 1.74. The van der Waals surface area contributed by atoms with Gasteiger partial charge < -0.3 is 15.7 Å². The summed E-state index contributed by atoms with van der Waals surface area (Å²) < 4.78 is 38.7. The number of rotatable bonds is 5. The SMILES string of the molecule is Cc1ccccc1Nc1cc(C(F)(F)F)nc(NCC(=O)O)n1. The van der Waals surface area contributed by atoms with E-state index >= 15 is 0 Å². The highest BCUT2D eigenvalue weighted by atomic mass is 19.4. The predicted octanol–water partition coefficient (Wildman–Crippen LogP) is 3.04. The van der Waals surface area contributed by atoms with E-state index < -0.39 is 30.3 Å². The smallest absolute Gasteiger partial charge is 0.433 e. The molecule has 0 aliphatic carbocycles. The number of aromatic nitrogens is 2. The molecule has 6 nitrogen and oxygen atoms in total. The first-order chi connectivity index (χ1) is 10.8. The van der Waals surface area contributed by atoms with Gasteiger partial charge in [0, 0.05) is 11.8 Å². The van der Waals surface area contributed by atoms with Crippen LogP contribution < -0.4 is 10.6 Å². The minimum Gasteiger partial charge on any atom is -0.480 e. The van der Waals surface area contributed by atoms with Crippen molar-refractivity contribution in [2.24, 2.45) is 0 Å². The summed E-state index contributed by atoms with van der Waals surface area (Å²) in [7, 11) is 0. The van der Waals surface area contributed by atoms with Crippen LogP contribution >= 0.6 is 0 Å². The van der Waals surface area contributed by atoms with Crippen molar-refractivity contribution in [1.29, 1.82) is 0 Å². The van der Waals surface area contributed by atoms with E-state index in [0.29, 0.717) is 5.69 Å². The molecule has 0 radical (unpaired) electrons. The molecule has 1 aromatic carbocycles. The van der Waals surface area contributed by atoms with Crippen LogP contribution in [-0.2, 0) is 11.0 Å². The summed E-state index contributed by atoms with van der Waals surface area (Å²) in [5.41, 5.74) is 0.236. The second-order valence-electron chi connectivity index (χ2n) is 4.65. The lowest BCUT2D eigenvalue weighted by Gasteiger charge is -2.13. The van der Waals surface area contributed by atoms with Gasteiger partial charge in [-0.15, -0.1) is 0 Å². The summed E-state index contributed by atoms with van der Waals surface area (Å²) in [6.45, 7) is 1.20. The van der Waals surface area contributed by atoms with E-state index in [1.54, 1.807) is 31.2 Å². The van der Waals surface area contributed by atoms with Crippen LogP contribution in [0.3, 0.4) is 0 Å². The Kier molecular flexibility index (Phi) is 4.68. The van der Waals surface area contributed by atoms with Crippen molar-refractivity contribution in [2.45, 2.75) is 13.1 Å². The molecule has 0 aliphatic rings. The van der Waals surface area contributed by atoms with E-state index in [0.717, 1.165) is 11.6 Å². The number of aryl methyl sites for hydroxylation is 1. The fraction of sp³-hybridized carbons (Fsp3) is 0.214. The van der Waals surface area contributed by atoms with Gasteiger partial charge in [-0.1, -0.05) is 18.2 Å². The van der Waals surface area contributed by atoms with Gasteiger partial charge in [0.05, 0.1) is 0 Å². The lowest BCUT2D eigenvalue weighted by atomic mass is 10.2. The van der Waals surface area contributed by atoms with Crippen LogP contribution in [0.2, 0.25) is 0 Å². The molecule has 0 saturated heterocycles. The van der Waals surface area contributed by atoms with Crippen molar-refractivity contribution in [3.8, 4) is 0 Å². The maximum Gasteiger partial charge on any atom is 0.433 e. The average molecular weight is 326 g/mol. The van der Waals surface area contributed by atoms with Crippen LogP contribution in [0.4, 0.5) is 30.6 Å². The predicted molar refractivity (Wildman–Crippen MR) is 77.6 cm³/mol. The molecule has 1 aromatic heterocycles. The number of nitrogens with one attached hydrogen (secondary N) is 2. The summed E-state index contributed by atoms with van der Waals surface area (Å²) >= 11 is 0. The molecule has 0 fully saturated rings. The normalized spacial score (nSPS) is 11.1. The number of aliphatic carboxylic acids is 1. The monoisotopic (exact) mass is 326 g/mol. The molecule has 23 heavy (non-hydrogen) atoms. The minimum absolute atomic E-state index is 0.0884. The van der Waals surface area contributed by atoms with Gasteiger partial charge in [0.25, 0.3) is 0 Å². The molecule has 0 bridgehead atoms. The van der Waals surface area contributed by atoms with E-state index in [1.165, 1.54) is 0 Å². The number of carbonyl (C=O) groups is 1. The van der Waals surface area contributed by atoms with Crippen molar-refractivity contribution < 1.29 is 23.1 Å². The fourth-order valence-electron chi connectivity index (χ4n) is 1.74. The minimum atomic E-state index is -4.68. The molecular weight excluding hydrogens is 313 g/mol. The second-order valence-corrected chi connectivity index (χ2v) is 4.65. The molecule has 9 heteroatoms. The van der Waals surface area contributed by atoms with Crippen LogP contribution in [-0.4, -0.2) is 27.6 Å². The Morgan fingerprint density at radius 1 is 1.26 bits per heavy atom. The highest BCUT2D eigenvalue weighted by molar-refractivity contribution is 5.72. The number of hydrogen-bond acceptors (Lipinski definition) is 5. The zero-order chi connectivity index (χ0) is 17.0. The molecule has 2 aromatic rings. The molecule has 2 rings (SSSR count). The van der Waals surface area contributed by atoms with Gasteiger partial charge in [-0.3, -0.25) is 4.79 Å². The quantitative estimate of drug-likeness (QED) is 0.783. The van der Waals surface area contributed by atoms with Crippen molar-refractivity contribution in [1.82, 2.24) is 9.97 Å². The maximum atomic E-state index is 12.9. The summed E-state index contributed by atoms with van der Waals surface area (Å²) in [5.74, 6) is -1.74. The molecule has 0 spiro atoms. The molecule has 1 heterocycles. The summed E-state index contributed by atoms with van der Waals surface area (Å²) in [6, 6.07) is 7.76. The van der Waals surface area contributed by atoms with Crippen molar-refractivity contribution in [2.75, 3.05) is 17.2 Å². The van der Waals surface area contributed by atoms with E-state index in [2.05, 4.69) is 20.6 Å². The number of carboxylic acids is 1. The Bertz CT molecular complexity index is 719. The number of carboxylic acid groups (broad SMARTS) is 1. The Morgan fingerprint density at radius 2 is 1.96 bits per heavy atom. The van der Waals surface area contributed by atoms with Gasteiger partial charge in [0.1, 0.15) is 12.4 Å². The number of halogens is 3. The molecular formula is C14H13F3N4O2. The third-order valence-corrected chi connectivity index (χ3v) is 2.82. The van der Waals surface area contributed by atoms with E-state index in [4.69, 9.17) is 5.11 Å². The maximum absolute atomic E-state index is 12.9. The van der Waals surface area contributed by atoms with E-state index in [1.807, 2.05) is 0 Å². The van der Waals surface area contributed by atoms with Crippen molar-refractivity contribution >= 4 is 23.4 Å². The summed E-state index contributed by atoms with van der Waals surface area (Å²) in [4.78, 5) is 17.7. The molecule has 3 N–H and O–H groups in total. The van der Waals surface area contributed by atoms with Gasteiger partial charge in [-0.05, 0) is 18.6 Å². The van der Waals surface area contributed by atoms with E-state index in [9.17, 15) is 18.0 Å². The molecule has 122 valence electrons. The number of para-hydroxylation sites is 1. The number of nitrogens with zero attached hydrogens (tertiary/aromatic N) is 2. The third-order valence-electron chi connectivity index (χ3n) is 2.82. The Hall–Kier alpha value is -2.84.